The zero-order valence-electron chi connectivity index (χ0n) is 5.80. The zero-order valence-corrected chi connectivity index (χ0v) is 10.1. The van der Waals surface area contributed by atoms with Gasteiger partial charge in [0.25, 0.3) is 0 Å². The second kappa shape index (κ2) is 5.25. The Balaban J connectivity index is 3.85. The van der Waals surface area contributed by atoms with Crippen LogP contribution in [0.2, 0.25) is 0 Å². The molecule has 0 aliphatic carbocycles. The van der Waals surface area contributed by atoms with E-state index in [9.17, 15) is 9.59 Å². The summed E-state index contributed by atoms with van der Waals surface area (Å²) in [5.74, 6) is -0.311. The third-order valence-corrected chi connectivity index (χ3v) is 3.57. The highest BCUT2D eigenvalue weighted by Crippen LogP contribution is 2.03. The summed E-state index contributed by atoms with van der Waals surface area (Å²) in [4.78, 5) is 21.5. The van der Waals surface area contributed by atoms with Crippen molar-refractivity contribution in [2.24, 2.45) is 5.73 Å². The van der Waals surface area contributed by atoms with Crippen molar-refractivity contribution in [2.75, 3.05) is 0 Å². The van der Waals surface area contributed by atoms with Crippen LogP contribution in [0.25, 0.3) is 0 Å². The Labute approximate surface area is 91.9 Å². The van der Waals surface area contributed by atoms with E-state index in [1.807, 2.05) is 22.6 Å². The van der Waals surface area contributed by atoms with Crippen LogP contribution in [0.4, 0.5) is 0 Å². The molecule has 0 heterocycles. The highest BCUT2D eigenvalue weighted by atomic mass is 127. The van der Waals surface area contributed by atoms with E-state index in [1.54, 1.807) is 29.5 Å². The molecule has 0 aromatic heterocycles. The maximum absolute atomic E-state index is 10.9. The molecule has 4 nitrogen and oxygen atoms in total. The van der Waals surface area contributed by atoms with E-state index in [1.165, 1.54) is 0 Å². The van der Waals surface area contributed by atoms with Crippen LogP contribution >= 0.6 is 45.2 Å². The maximum atomic E-state index is 10.9. The fourth-order valence-electron chi connectivity index (χ4n) is 0.313. The van der Waals surface area contributed by atoms with Gasteiger partial charge in [0.1, 0.15) is 4.05 Å². The topological polar surface area (TPSA) is 72.2 Å². The standard InChI is InChI=1S/C5H8I2N2O2/c1-2(8)5(11)9-3(6)4(7)10/h2-3H,8H2,1H3,(H,9,11). The van der Waals surface area contributed by atoms with Crippen LogP contribution in [0.1, 0.15) is 6.92 Å². The van der Waals surface area contributed by atoms with Crippen molar-refractivity contribution < 1.29 is 9.59 Å². The molecule has 0 aliphatic rings. The molecule has 0 radical (unpaired) electrons. The van der Waals surface area contributed by atoms with Crippen LogP contribution in [0, 0.1) is 0 Å². The predicted molar refractivity (Wildman–Crippen MR) is 58.6 cm³/mol. The number of hydrogen-bond acceptors (Lipinski definition) is 3. The van der Waals surface area contributed by atoms with Crippen molar-refractivity contribution in [3.8, 4) is 0 Å². The molecule has 0 fully saturated rings. The van der Waals surface area contributed by atoms with Gasteiger partial charge in [0.05, 0.1) is 6.04 Å². The van der Waals surface area contributed by atoms with E-state index in [4.69, 9.17) is 5.73 Å². The second-order valence-corrected chi connectivity index (χ2v) is 4.27. The van der Waals surface area contributed by atoms with Crippen LogP contribution in [-0.2, 0) is 9.59 Å². The summed E-state index contributed by atoms with van der Waals surface area (Å²) in [5.41, 5.74) is 5.26. The lowest BCUT2D eigenvalue weighted by Crippen LogP contribution is -2.43. The Morgan fingerprint density at radius 3 is 2.27 bits per heavy atom. The van der Waals surface area contributed by atoms with Crippen LogP contribution in [-0.4, -0.2) is 19.8 Å². The predicted octanol–water partition coefficient (Wildman–Crippen LogP) is 0.173. The lowest BCUT2D eigenvalue weighted by Gasteiger charge is -2.09. The average Bonchev–Trinajstić information content (AvgIpc) is 1.87. The van der Waals surface area contributed by atoms with E-state index in [2.05, 4.69) is 5.32 Å². The highest BCUT2D eigenvalue weighted by Gasteiger charge is 2.15. The largest absolute Gasteiger partial charge is 0.336 e. The first kappa shape index (κ1) is 11.6. The Morgan fingerprint density at radius 1 is 1.55 bits per heavy atom. The Hall–Kier alpha value is 0.560. The van der Waals surface area contributed by atoms with E-state index in [-0.39, 0.29) is 9.70 Å². The molecule has 3 N–H and O–H groups in total. The van der Waals surface area contributed by atoms with E-state index in [0.717, 1.165) is 0 Å². The number of alkyl halides is 1. The summed E-state index contributed by atoms with van der Waals surface area (Å²) in [7, 11) is 0. The molecule has 0 spiro atoms. The van der Waals surface area contributed by atoms with Gasteiger partial charge in [-0.1, -0.05) is 0 Å². The molecular weight excluding hydrogens is 374 g/mol. The van der Waals surface area contributed by atoms with Crippen LogP contribution in [0.5, 0.6) is 0 Å². The van der Waals surface area contributed by atoms with Gasteiger partial charge in [-0.25, -0.2) is 0 Å². The normalized spacial score (nSPS) is 15.3. The van der Waals surface area contributed by atoms with Crippen molar-refractivity contribution in [2.45, 2.75) is 17.0 Å². The number of hydrogen-bond donors (Lipinski definition) is 2. The fraction of sp³-hybridized carbons (Fsp3) is 0.600. The SMILES string of the molecule is CC(N)C(=O)NC(I)C(=O)I. The minimum Gasteiger partial charge on any atom is -0.336 e. The zero-order chi connectivity index (χ0) is 9.02. The number of halogens is 2. The number of amides is 1. The first-order chi connectivity index (χ1) is 4.95. The summed E-state index contributed by atoms with van der Waals surface area (Å²) in [6.07, 6.45) is 0. The van der Waals surface area contributed by atoms with Crippen molar-refractivity contribution in [1.29, 1.82) is 0 Å². The van der Waals surface area contributed by atoms with Crippen LogP contribution in [0.3, 0.4) is 0 Å². The fourth-order valence-corrected chi connectivity index (χ4v) is 0.776. The van der Waals surface area contributed by atoms with Crippen molar-refractivity contribution in [3.63, 3.8) is 0 Å². The molecule has 0 saturated heterocycles. The molecular formula is C5H8I2N2O2. The molecule has 0 rings (SSSR count). The van der Waals surface area contributed by atoms with E-state index >= 15 is 0 Å². The molecule has 64 valence electrons. The van der Waals surface area contributed by atoms with Gasteiger partial charge in [0, 0.05) is 22.6 Å². The molecule has 6 heteroatoms. The minimum absolute atomic E-state index is 0.114. The van der Waals surface area contributed by atoms with Crippen molar-refractivity contribution in [3.05, 3.63) is 0 Å². The molecule has 2 atom stereocenters. The highest BCUT2D eigenvalue weighted by molar-refractivity contribution is 14.1. The van der Waals surface area contributed by atoms with E-state index < -0.39 is 10.1 Å². The Kier molecular flexibility index (Phi) is 5.52. The lowest BCUT2D eigenvalue weighted by atomic mass is 10.3. The van der Waals surface area contributed by atoms with Gasteiger partial charge in [-0.3, -0.25) is 9.59 Å². The summed E-state index contributed by atoms with van der Waals surface area (Å²) in [5, 5.41) is 2.44. The number of carbonyl (C=O) groups excluding carboxylic acids is 2. The summed E-state index contributed by atoms with van der Waals surface area (Å²) < 4.78 is -0.594. The summed E-state index contributed by atoms with van der Waals surface area (Å²) >= 11 is 3.46. The first-order valence-corrected chi connectivity index (χ1v) is 5.17. The Bertz CT molecular complexity index is 172. The van der Waals surface area contributed by atoms with Crippen LogP contribution in [0.15, 0.2) is 0 Å². The van der Waals surface area contributed by atoms with Gasteiger partial charge < -0.3 is 11.1 Å². The molecule has 1 amide bonds. The van der Waals surface area contributed by atoms with Gasteiger partial charge >= 0.3 is 0 Å². The molecule has 2 unspecified atom stereocenters. The molecule has 11 heavy (non-hydrogen) atoms. The Morgan fingerprint density at radius 2 is 2.00 bits per heavy atom. The lowest BCUT2D eigenvalue weighted by molar-refractivity contribution is -0.123. The second-order valence-electron chi connectivity index (χ2n) is 1.96. The molecule has 0 aromatic rings. The van der Waals surface area contributed by atoms with Crippen molar-refractivity contribution >= 4 is 54.9 Å². The molecule has 0 aromatic carbocycles. The maximum Gasteiger partial charge on any atom is 0.237 e. The number of carbonyl (C=O) groups is 2. The van der Waals surface area contributed by atoms with Gasteiger partial charge in [-0.05, 0) is 29.5 Å². The van der Waals surface area contributed by atoms with Gasteiger partial charge in [0.2, 0.25) is 9.70 Å². The number of nitrogens with two attached hydrogens (primary N) is 1. The van der Waals surface area contributed by atoms with Crippen molar-refractivity contribution in [1.82, 2.24) is 5.32 Å². The third kappa shape index (κ3) is 4.90. The number of rotatable bonds is 3. The molecule has 0 saturated carbocycles. The van der Waals surface area contributed by atoms with Gasteiger partial charge in [-0.2, -0.15) is 0 Å². The summed E-state index contributed by atoms with van der Waals surface area (Å²) in [6.45, 7) is 1.57. The van der Waals surface area contributed by atoms with Crippen LogP contribution < -0.4 is 11.1 Å². The summed E-state index contributed by atoms with van der Waals surface area (Å²) in [6, 6.07) is -0.567. The smallest absolute Gasteiger partial charge is 0.237 e. The quantitative estimate of drug-likeness (QED) is 0.317. The van der Waals surface area contributed by atoms with Gasteiger partial charge in [-0.15, -0.1) is 0 Å². The first-order valence-electron chi connectivity index (χ1n) is 2.84. The average molecular weight is 382 g/mol. The monoisotopic (exact) mass is 382 g/mol. The third-order valence-electron chi connectivity index (χ3n) is 0.882. The minimum atomic E-state index is -0.567. The van der Waals surface area contributed by atoms with E-state index in [0.29, 0.717) is 0 Å². The number of nitrogens with one attached hydrogen (secondary N) is 1. The molecule has 0 aliphatic heterocycles. The van der Waals surface area contributed by atoms with Gasteiger partial charge in [0.15, 0.2) is 0 Å². The molecule has 0 bridgehead atoms.